The lowest BCUT2D eigenvalue weighted by atomic mass is 10.0. The Labute approximate surface area is 217 Å². The van der Waals surface area contributed by atoms with Crippen molar-refractivity contribution in [3.05, 3.63) is 77.1 Å². The molecule has 204 valence electrons. The molecule has 0 bridgehead atoms. The summed E-state index contributed by atoms with van der Waals surface area (Å²) in [6, 6.07) is 10.1. The molecule has 3 rings (SSSR count). The van der Waals surface area contributed by atoms with Gasteiger partial charge in [0.1, 0.15) is 18.2 Å². The molecule has 0 saturated carbocycles. The lowest BCUT2D eigenvalue weighted by Gasteiger charge is -2.30. The van der Waals surface area contributed by atoms with E-state index in [0.717, 1.165) is 12.1 Å². The molecule has 0 fully saturated rings. The normalized spacial score (nSPS) is 13.6. The minimum atomic E-state index is -4.48. The van der Waals surface area contributed by atoms with E-state index in [1.165, 1.54) is 49.6 Å². The first-order valence-electron chi connectivity index (χ1n) is 11.8. The van der Waals surface area contributed by atoms with E-state index in [1.807, 2.05) is 0 Å². The van der Waals surface area contributed by atoms with Gasteiger partial charge in [-0.2, -0.15) is 13.2 Å². The second-order valence-corrected chi connectivity index (χ2v) is 9.70. The van der Waals surface area contributed by atoms with Gasteiger partial charge < -0.3 is 19.5 Å². The lowest BCUT2D eigenvalue weighted by Crippen LogP contribution is -2.51. The quantitative estimate of drug-likeness (QED) is 0.281. The van der Waals surface area contributed by atoms with Crippen LogP contribution in [0.4, 0.5) is 17.6 Å². The van der Waals surface area contributed by atoms with Crippen molar-refractivity contribution < 1.29 is 41.4 Å². The van der Waals surface area contributed by atoms with E-state index >= 15 is 0 Å². The van der Waals surface area contributed by atoms with Crippen LogP contribution in [0.3, 0.4) is 0 Å². The van der Waals surface area contributed by atoms with Gasteiger partial charge in [-0.25, -0.2) is 9.18 Å². The van der Waals surface area contributed by atoms with Crippen LogP contribution in [-0.4, -0.2) is 36.7 Å². The van der Waals surface area contributed by atoms with Crippen LogP contribution in [-0.2, 0) is 27.1 Å². The van der Waals surface area contributed by atoms with Gasteiger partial charge in [0.25, 0.3) is 5.91 Å². The molecule has 3 aromatic carbocycles. The van der Waals surface area contributed by atoms with Crippen LogP contribution < -0.4 is 10.1 Å². The van der Waals surface area contributed by atoms with Crippen molar-refractivity contribution >= 4 is 22.6 Å². The number of ether oxygens (including phenoxy) is 3. The molecule has 38 heavy (non-hydrogen) atoms. The third kappa shape index (κ3) is 7.22. The maximum absolute atomic E-state index is 13.9. The van der Waals surface area contributed by atoms with Crippen LogP contribution >= 0.6 is 0 Å². The minimum Gasteiger partial charge on any atom is -0.487 e. The minimum absolute atomic E-state index is 0.0351. The van der Waals surface area contributed by atoms with Crippen LogP contribution in [0, 0.1) is 5.82 Å². The average molecular weight is 536 g/mol. The van der Waals surface area contributed by atoms with Gasteiger partial charge in [-0.1, -0.05) is 18.2 Å². The standard InChI is InChI=1S/C28H29F4NO5/c1-16(38-27(2,3)4)23(26(35)36-5)33-25(34)22-12-8-18-14-20(29)11-13-21(18)24(22)37-15-17-6-9-19(10-7-17)28(30,31)32/h6-14,16,23H,15H2,1-5H3,(H,33,34)/t16-,23+/m1/s1. The van der Waals surface area contributed by atoms with Gasteiger partial charge in [0.2, 0.25) is 0 Å². The van der Waals surface area contributed by atoms with E-state index in [-0.39, 0.29) is 17.9 Å². The van der Waals surface area contributed by atoms with Gasteiger partial charge >= 0.3 is 12.1 Å². The molecule has 0 unspecified atom stereocenters. The monoisotopic (exact) mass is 535 g/mol. The Morgan fingerprint density at radius 1 is 0.974 bits per heavy atom. The Bertz CT molecular complexity index is 1300. The second-order valence-electron chi connectivity index (χ2n) is 9.70. The summed E-state index contributed by atoms with van der Waals surface area (Å²) in [5.74, 6) is -1.82. The van der Waals surface area contributed by atoms with Gasteiger partial charge in [0, 0.05) is 5.39 Å². The molecule has 0 radical (unpaired) electrons. The van der Waals surface area contributed by atoms with Gasteiger partial charge in [0.15, 0.2) is 6.04 Å². The number of hydrogen-bond acceptors (Lipinski definition) is 5. The topological polar surface area (TPSA) is 73.9 Å². The molecule has 0 spiro atoms. The van der Waals surface area contributed by atoms with Gasteiger partial charge in [-0.15, -0.1) is 0 Å². The molecule has 0 aliphatic heterocycles. The summed E-state index contributed by atoms with van der Waals surface area (Å²) in [6.45, 7) is 6.86. The van der Waals surface area contributed by atoms with E-state index in [2.05, 4.69) is 5.32 Å². The van der Waals surface area contributed by atoms with Crippen molar-refractivity contribution in [2.45, 2.75) is 58.2 Å². The Kier molecular flexibility index (Phi) is 8.66. The number of esters is 1. The third-order valence-corrected chi connectivity index (χ3v) is 5.59. The molecule has 2 atom stereocenters. The van der Waals surface area contributed by atoms with E-state index in [4.69, 9.17) is 14.2 Å². The van der Waals surface area contributed by atoms with Crippen molar-refractivity contribution in [1.82, 2.24) is 5.32 Å². The first-order valence-corrected chi connectivity index (χ1v) is 11.8. The number of halogens is 4. The summed E-state index contributed by atoms with van der Waals surface area (Å²) >= 11 is 0. The summed E-state index contributed by atoms with van der Waals surface area (Å²) < 4.78 is 69.2. The predicted molar refractivity (Wildman–Crippen MR) is 133 cm³/mol. The summed E-state index contributed by atoms with van der Waals surface area (Å²) in [6.07, 6.45) is -5.23. The van der Waals surface area contributed by atoms with Crippen molar-refractivity contribution in [2.75, 3.05) is 7.11 Å². The molecule has 1 N–H and O–H groups in total. The highest BCUT2D eigenvalue weighted by molar-refractivity contribution is 6.05. The van der Waals surface area contributed by atoms with Crippen molar-refractivity contribution in [2.24, 2.45) is 0 Å². The molecule has 1 amide bonds. The number of benzene rings is 3. The highest BCUT2D eigenvalue weighted by Gasteiger charge is 2.33. The number of hydrogen-bond donors (Lipinski definition) is 1. The first kappa shape index (κ1) is 28.9. The molecule has 3 aromatic rings. The maximum atomic E-state index is 13.9. The maximum Gasteiger partial charge on any atom is 0.416 e. The fourth-order valence-electron chi connectivity index (χ4n) is 3.89. The summed E-state index contributed by atoms with van der Waals surface area (Å²) in [5.41, 5.74) is -0.960. The molecule has 0 aromatic heterocycles. The van der Waals surface area contributed by atoms with Crippen molar-refractivity contribution in [1.29, 1.82) is 0 Å². The molecule has 10 heteroatoms. The smallest absolute Gasteiger partial charge is 0.416 e. The van der Waals surface area contributed by atoms with E-state index in [9.17, 15) is 27.2 Å². The molecule has 6 nitrogen and oxygen atoms in total. The Morgan fingerprint density at radius 3 is 2.21 bits per heavy atom. The van der Waals surface area contributed by atoms with Crippen LogP contribution in [0.2, 0.25) is 0 Å². The molecule has 0 saturated heterocycles. The summed E-state index contributed by atoms with van der Waals surface area (Å²) in [5, 5.41) is 3.47. The number of carbonyl (C=O) groups excluding carboxylic acids is 2. The molecular weight excluding hydrogens is 506 g/mol. The van der Waals surface area contributed by atoms with Gasteiger partial charge in [0.05, 0.1) is 29.9 Å². The third-order valence-electron chi connectivity index (χ3n) is 5.59. The highest BCUT2D eigenvalue weighted by Crippen LogP contribution is 2.33. The van der Waals surface area contributed by atoms with E-state index in [1.54, 1.807) is 27.7 Å². The number of methoxy groups -OCH3 is 1. The zero-order valence-electron chi connectivity index (χ0n) is 21.6. The second kappa shape index (κ2) is 11.4. The number of nitrogens with one attached hydrogen (secondary N) is 1. The zero-order chi connectivity index (χ0) is 28.3. The number of rotatable bonds is 8. The molecular formula is C28H29F4NO5. The first-order chi connectivity index (χ1) is 17.7. The average Bonchev–Trinajstić information content (AvgIpc) is 2.83. The molecule has 0 aliphatic rings. The van der Waals surface area contributed by atoms with Crippen LogP contribution in [0.15, 0.2) is 54.6 Å². The fraction of sp³-hybridized carbons (Fsp3) is 0.357. The Balaban J connectivity index is 1.95. The number of alkyl halides is 3. The Hall–Kier alpha value is -3.66. The predicted octanol–water partition coefficient (Wildman–Crippen LogP) is 6.05. The fourth-order valence-corrected chi connectivity index (χ4v) is 3.89. The van der Waals surface area contributed by atoms with Crippen LogP contribution in [0.25, 0.3) is 10.8 Å². The van der Waals surface area contributed by atoms with Crippen LogP contribution in [0.5, 0.6) is 5.75 Å². The molecule has 0 heterocycles. The molecule has 0 aliphatic carbocycles. The van der Waals surface area contributed by atoms with Crippen molar-refractivity contribution in [3.63, 3.8) is 0 Å². The van der Waals surface area contributed by atoms with E-state index < -0.39 is 47.2 Å². The van der Waals surface area contributed by atoms with Crippen LogP contribution in [0.1, 0.15) is 49.2 Å². The highest BCUT2D eigenvalue weighted by atomic mass is 19.4. The number of amides is 1. The summed E-state index contributed by atoms with van der Waals surface area (Å²) in [4.78, 5) is 25.9. The van der Waals surface area contributed by atoms with Gasteiger partial charge in [-0.3, -0.25) is 4.79 Å². The zero-order valence-corrected chi connectivity index (χ0v) is 21.6. The summed E-state index contributed by atoms with van der Waals surface area (Å²) in [7, 11) is 1.19. The SMILES string of the molecule is COC(=O)[C@@H](NC(=O)c1ccc2cc(F)ccc2c1OCc1ccc(C(F)(F)F)cc1)[C@@H](C)OC(C)(C)C. The van der Waals surface area contributed by atoms with Crippen molar-refractivity contribution in [3.8, 4) is 5.75 Å². The Morgan fingerprint density at radius 2 is 1.63 bits per heavy atom. The lowest BCUT2D eigenvalue weighted by molar-refractivity contribution is -0.150. The van der Waals surface area contributed by atoms with Gasteiger partial charge in [-0.05, 0) is 75.0 Å². The number of carbonyl (C=O) groups is 2. The number of fused-ring (bicyclic) bond motifs is 1. The largest absolute Gasteiger partial charge is 0.487 e. The van der Waals surface area contributed by atoms with E-state index in [0.29, 0.717) is 16.3 Å².